The van der Waals surface area contributed by atoms with E-state index in [-0.39, 0.29) is 10.8 Å². The van der Waals surface area contributed by atoms with Crippen molar-refractivity contribution in [2.24, 2.45) is 0 Å². The number of hydrogen-bond acceptors (Lipinski definition) is 3. The van der Waals surface area contributed by atoms with Gasteiger partial charge < -0.3 is 14.2 Å². The van der Waals surface area contributed by atoms with Crippen LogP contribution in [0.4, 0.5) is 34.1 Å². The Morgan fingerprint density at radius 2 is 0.811 bits per heavy atom. The van der Waals surface area contributed by atoms with E-state index in [9.17, 15) is 0 Å². The van der Waals surface area contributed by atoms with Gasteiger partial charge in [0, 0.05) is 44.9 Å². The molecule has 53 heavy (non-hydrogen) atoms. The Kier molecular flexibility index (Phi) is 7.96. The van der Waals surface area contributed by atoms with Gasteiger partial charge in [0.1, 0.15) is 11.2 Å². The van der Waals surface area contributed by atoms with E-state index >= 15 is 0 Å². The van der Waals surface area contributed by atoms with E-state index in [0.717, 1.165) is 50.4 Å². The summed E-state index contributed by atoms with van der Waals surface area (Å²) in [6.45, 7) is 9.58. The minimum Gasteiger partial charge on any atom is -0.456 e. The predicted octanol–water partition coefficient (Wildman–Crippen LogP) is 14.5. The van der Waals surface area contributed by atoms with E-state index in [0.29, 0.717) is 0 Å². The van der Waals surface area contributed by atoms with Crippen LogP contribution < -0.4 is 9.80 Å². The number of furan rings is 1. The van der Waals surface area contributed by atoms with Crippen LogP contribution in [-0.4, -0.2) is 0 Å². The van der Waals surface area contributed by atoms with Crippen LogP contribution in [-0.2, 0) is 10.8 Å². The van der Waals surface area contributed by atoms with Gasteiger partial charge >= 0.3 is 0 Å². The zero-order valence-corrected chi connectivity index (χ0v) is 30.9. The van der Waals surface area contributed by atoms with Crippen molar-refractivity contribution in [3.05, 3.63) is 181 Å². The van der Waals surface area contributed by atoms with Crippen molar-refractivity contribution in [1.82, 2.24) is 0 Å². The number of fused-ring (bicyclic) bond motifs is 4. The summed E-state index contributed by atoms with van der Waals surface area (Å²) in [5.74, 6) is 0. The molecule has 0 N–H and O–H groups in total. The first kappa shape index (κ1) is 32.8. The largest absolute Gasteiger partial charge is 0.456 e. The second-order valence-electron chi connectivity index (χ2n) is 15.7. The van der Waals surface area contributed by atoms with Crippen molar-refractivity contribution >= 4 is 56.1 Å². The van der Waals surface area contributed by atoms with Crippen molar-refractivity contribution < 1.29 is 4.42 Å². The van der Waals surface area contributed by atoms with Gasteiger partial charge in [0.05, 0.1) is 0 Å². The van der Waals surface area contributed by atoms with Crippen LogP contribution >= 0.6 is 0 Å². The number of nitrogens with zero attached hydrogens (tertiary/aromatic N) is 2. The molecule has 7 aromatic carbocycles. The van der Waals surface area contributed by atoms with Gasteiger partial charge in [-0.15, -0.1) is 0 Å². The molecule has 0 fully saturated rings. The first-order valence-corrected chi connectivity index (χ1v) is 18.7. The lowest BCUT2D eigenvalue weighted by Crippen LogP contribution is -2.34. The van der Waals surface area contributed by atoms with E-state index in [1.54, 1.807) is 0 Å². The summed E-state index contributed by atoms with van der Waals surface area (Å²) in [6.07, 6.45) is 2.40. The van der Waals surface area contributed by atoms with E-state index in [1.165, 1.54) is 40.8 Å². The standard InChI is InChI=1S/C50H44N2O/c1-49(2)31-32-50(3,4)46-34-42(27-29-45(46)49)52(38-15-9-6-10-16-38)40-25-21-36(22-26-40)35-19-23-39(24-20-35)51(37-13-7-5-8-14-37)41-28-30-48-44(33-41)43-17-11-12-18-47(43)53-48/h5-30,33-34H,31-32H2,1-4H3. The Balaban J connectivity index is 1.06. The fourth-order valence-corrected chi connectivity index (χ4v) is 8.22. The Bertz CT molecular complexity index is 2550. The molecule has 0 spiro atoms. The Hall–Kier alpha value is -6.06. The van der Waals surface area contributed by atoms with Gasteiger partial charge in [0.15, 0.2) is 0 Å². The van der Waals surface area contributed by atoms with Crippen molar-refractivity contribution in [2.75, 3.05) is 9.80 Å². The normalized spacial score (nSPS) is 14.6. The summed E-state index contributed by atoms with van der Waals surface area (Å²) < 4.78 is 6.15. The monoisotopic (exact) mass is 688 g/mol. The smallest absolute Gasteiger partial charge is 0.135 e. The molecule has 260 valence electrons. The summed E-state index contributed by atoms with van der Waals surface area (Å²) in [5.41, 5.74) is 14.2. The Morgan fingerprint density at radius 3 is 1.40 bits per heavy atom. The zero-order valence-electron chi connectivity index (χ0n) is 30.9. The average molecular weight is 689 g/mol. The summed E-state index contributed by atoms with van der Waals surface area (Å²) in [5, 5.41) is 2.24. The van der Waals surface area contributed by atoms with Gasteiger partial charge in [-0.05, 0) is 131 Å². The highest BCUT2D eigenvalue weighted by Gasteiger charge is 2.37. The molecule has 9 rings (SSSR count). The van der Waals surface area contributed by atoms with Gasteiger partial charge in [-0.25, -0.2) is 0 Å². The van der Waals surface area contributed by atoms with E-state index < -0.39 is 0 Å². The highest BCUT2D eigenvalue weighted by atomic mass is 16.3. The third-order valence-corrected chi connectivity index (χ3v) is 11.3. The summed E-state index contributed by atoms with van der Waals surface area (Å²) in [6, 6.07) is 61.1. The molecule has 3 heteroatoms. The predicted molar refractivity (Wildman–Crippen MR) is 224 cm³/mol. The number of benzene rings is 7. The summed E-state index contributed by atoms with van der Waals surface area (Å²) in [4.78, 5) is 4.70. The first-order valence-electron chi connectivity index (χ1n) is 18.7. The van der Waals surface area contributed by atoms with Crippen LogP contribution in [0, 0.1) is 0 Å². The maximum atomic E-state index is 6.15. The minimum absolute atomic E-state index is 0.135. The van der Waals surface area contributed by atoms with E-state index in [2.05, 4.69) is 195 Å². The second-order valence-corrected chi connectivity index (χ2v) is 15.7. The van der Waals surface area contributed by atoms with Crippen LogP contribution in [0.3, 0.4) is 0 Å². The zero-order chi connectivity index (χ0) is 36.2. The molecular formula is C50H44N2O. The molecule has 1 heterocycles. The number of hydrogen-bond donors (Lipinski definition) is 0. The summed E-state index contributed by atoms with van der Waals surface area (Å²) >= 11 is 0. The molecule has 0 atom stereocenters. The average Bonchev–Trinajstić information content (AvgIpc) is 3.57. The van der Waals surface area contributed by atoms with Gasteiger partial charge in [-0.2, -0.15) is 0 Å². The van der Waals surface area contributed by atoms with Crippen molar-refractivity contribution in [3.63, 3.8) is 0 Å². The van der Waals surface area contributed by atoms with Gasteiger partial charge in [0.2, 0.25) is 0 Å². The molecule has 1 aliphatic carbocycles. The van der Waals surface area contributed by atoms with Gasteiger partial charge in [-0.3, -0.25) is 0 Å². The maximum absolute atomic E-state index is 6.15. The quantitative estimate of drug-likeness (QED) is 0.166. The third-order valence-electron chi connectivity index (χ3n) is 11.3. The molecular weight excluding hydrogens is 645 g/mol. The highest BCUT2D eigenvalue weighted by Crippen LogP contribution is 2.48. The maximum Gasteiger partial charge on any atom is 0.135 e. The lowest BCUT2D eigenvalue weighted by molar-refractivity contribution is 0.332. The van der Waals surface area contributed by atoms with E-state index in [4.69, 9.17) is 4.42 Å². The van der Waals surface area contributed by atoms with Crippen LogP contribution in [0.2, 0.25) is 0 Å². The molecule has 0 radical (unpaired) electrons. The molecule has 0 bridgehead atoms. The molecule has 0 saturated heterocycles. The van der Waals surface area contributed by atoms with Crippen LogP contribution in [0.5, 0.6) is 0 Å². The van der Waals surface area contributed by atoms with Crippen LogP contribution in [0.15, 0.2) is 174 Å². The topological polar surface area (TPSA) is 19.6 Å². The van der Waals surface area contributed by atoms with Crippen molar-refractivity contribution in [2.45, 2.75) is 51.4 Å². The second kappa shape index (κ2) is 12.9. The van der Waals surface area contributed by atoms with Crippen molar-refractivity contribution in [1.29, 1.82) is 0 Å². The first-order chi connectivity index (χ1) is 25.7. The van der Waals surface area contributed by atoms with Gasteiger partial charge in [0.25, 0.3) is 0 Å². The highest BCUT2D eigenvalue weighted by molar-refractivity contribution is 6.06. The van der Waals surface area contributed by atoms with E-state index in [1.807, 2.05) is 12.1 Å². The van der Waals surface area contributed by atoms with Crippen LogP contribution in [0.1, 0.15) is 51.7 Å². The number of anilines is 6. The molecule has 0 amide bonds. The molecule has 1 aliphatic rings. The third kappa shape index (κ3) is 5.97. The Labute approximate surface area is 312 Å². The molecule has 8 aromatic rings. The molecule has 1 aromatic heterocycles. The molecule has 3 nitrogen and oxygen atoms in total. The number of rotatable bonds is 7. The summed E-state index contributed by atoms with van der Waals surface area (Å²) in [7, 11) is 0. The number of para-hydroxylation sites is 3. The van der Waals surface area contributed by atoms with Crippen LogP contribution in [0.25, 0.3) is 33.1 Å². The van der Waals surface area contributed by atoms with Crippen molar-refractivity contribution in [3.8, 4) is 11.1 Å². The molecule has 0 saturated carbocycles. The lowest BCUT2D eigenvalue weighted by atomic mass is 9.63. The SMILES string of the molecule is CC1(C)CCC(C)(C)c2cc(N(c3ccccc3)c3ccc(-c4ccc(N(c5ccccc5)c5ccc6oc7ccccc7c6c5)cc4)cc3)ccc21. The fourth-order valence-electron chi connectivity index (χ4n) is 8.22. The Morgan fingerprint density at radius 1 is 0.377 bits per heavy atom. The molecule has 0 aliphatic heterocycles. The molecule has 0 unspecified atom stereocenters. The fraction of sp³-hybridized carbons (Fsp3) is 0.160. The van der Waals surface area contributed by atoms with Gasteiger partial charge in [-0.1, -0.05) is 113 Å². The minimum atomic E-state index is 0.135. The lowest BCUT2D eigenvalue weighted by Gasteiger charge is -2.42.